The summed E-state index contributed by atoms with van der Waals surface area (Å²) in [5.74, 6) is -0.592. The van der Waals surface area contributed by atoms with Gasteiger partial charge in [0.1, 0.15) is 5.76 Å². The van der Waals surface area contributed by atoms with Crippen molar-refractivity contribution >= 4 is 17.4 Å². The minimum atomic E-state index is -0.831. The van der Waals surface area contributed by atoms with Gasteiger partial charge in [-0.1, -0.05) is 25.5 Å². The Hall–Kier alpha value is -4.20. The highest BCUT2D eigenvalue weighted by molar-refractivity contribution is 6.46. The van der Waals surface area contributed by atoms with Gasteiger partial charge in [-0.25, -0.2) is 0 Å². The van der Waals surface area contributed by atoms with Crippen molar-refractivity contribution in [2.24, 2.45) is 0 Å². The number of carbonyl (C=O) groups excluding carboxylic acids is 2. The Morgan fingerprint density at radius 2 is 1.81 bits per heavy atom. The van der Waals surface area contributed by atoms with E-state index in [2.05, 4.69) is 16.9 Å². The second kappa shape index (κ2) is 11.5. The molecule has 186 valence electrons. The van der Waals surface area contributed by atoms with Gasteiger partial charge in [0.05, 0.1) is 24.8 Å². The number of rotatable bonds is 10. The predicted octanol–water partition coefficient (Wildman–Crippen LogP) is 4.68. The van der Waals surface area contributed by atoms with Crippen LogP contribution in [0.5, 0.6) is 11.5 Å². The Balaban J connectivity index is 1.83. The SMILES string of the molecule is CCCCOc1ccc(C2C(=C(O)c3ccncc3)C(=O)C(=O)N2Cc2cccnc2)cc1OCC. The van der Waals surface area contributed by atoms with Crippen molar-refractivity contribution in [3.63, 3.8) is 0 Å². The summed E-state index contributed by atoms with van der Waals surface area (Å²) in [5.41, 5.74) is 1.80. The third-order valence-corrected chi connectivity index (χ3v) is 5.91. The highest BCUT2D eigenvalue weighted by atomic mass is 16.5. The first-order valence-electron chi connectivity index (χ1n) is 12.0. The molecular formula is C28H29N3O5. The molecule has 0 bridgehead atoms. The van der Waals surface area contributed by atoms with E-state index in [9.17, 15) is 14.7 Å². The molecule has 2 aromatic heterocycles. The van der Waals surface area contributed by atoms with Crippen LogP contribution in [0.15, 0.2) is 72.8 Å². The van der Waals surface area contributed by atoms with Crippen LogP contribution in [0.1, 0.15) is 49.4 Å². The lowest BCUT2D eigenvalue weighted by Crippen LogP contribution is -2.29. The smallest absolute Gasteiger partial charge is 0.295 e. The van der Waals surface area contributed by atoms with Gasteiger partial charge in [0, 0.05) is 36.9 Å². The molecule has 8 heteroatoms. The van der Waals surface area contributed by atoms with Gasteiger partial charge in [-0.05, 0) is 54.8 Å². The summed E-state index contributed by atoms with van der Waals surface area (Å²) in [6, 6.07) is 11.3. The minimum Gasteiger partial charge on any atom is -0.507 e. The van der Waals surface area contributed by atoms with Gasteiger partial charge in [-0.15, -0.1) is 0 Å². The molecule has 1 aromatic carbocycles. The van der Waals surface area contributed by atoms with Gasteiger partial charge < -0.3 is 19.5 Å². The monoisotopic (exact) mass is 487 g/mol. The number of likely N-dealkylation sites (tertiary alicyclic amines) is 1. The molecular weight excluding hydrogens is 458 g/mol. The van der Waals surface area contributed by atoms with E-state index < -0.39 is 17.7 Å². The van der Waals surface area contributed by atoms with Crippen LogP contribution in [-0.2, 0) is 16.1 Å². The first-order chi connectivity index (χ1) is 17.5. The standard InChI is InChI=1S/C28H29N3O5/c1-3-5-15-36-22-9-8-21(16-23(22)35-4-2)25-24(26(32)20-10-13-29-14-11-20)27(33)28(34)31(25)18-19-7-6-12-30-17-19/h6-14,16-17,25,32H,3-5,15,18H2,1-2H3. The quantitative estimate of drug-likeness (QED) is 0.192. The lowest BCUT2D eigenvalue weighted by molar-refractivity contribution is -0.140. The number of unbranched alkanes of at least 4 members (excludes halogenated alkanes) is 1. The number of Topliss-reactive ketones (excluding diaryl/α,β-unsaturated/α-hetero) is 1. The Bertz CT molecular complexity index is 1240. The van der Waals surface area contributed by atoms with Crippen molar-refractivity contribution in [1.82, 2.24) is 14.9 Å². The lowest BCUT2D eigenvalue weighted by Gasteiger charge is -2.26. The Labute approximate surface area is 210 Å². The molecule has 3 aromatic rings. The molecule has 1 atom stereocenters. The third kappa shape index (κ3) is 5.22. The number of ketones is 1. The molecule has 36 heavy (non-hydrogen) atoms. The molecule has 0 aliphatic carbocycles. The van der Waals surface area contributed by atoms with Crippen molar-refractivity contribution in [3.05, 3.63) is 89.5 Å². The van der Waals surface area contributed by atoms with E-state index in [0.717, 1.165) is 18.4 Å². The molecule has 4 rings (SSSR count). The maximum absolute atomic E-state index is 13.3. The zero-order valence-corrected chi connectivity index (χ0v) is 20.4. The Kier molecular flexibility index (Phi) is 7.95. The first kappa shape index (κ1) is 24.9. The topological polar surface area (TPSA) is 102 Å². The van der Waals surface area contributed by atoms with Crippen LogP contribution in [0.3, 0.4) is 0 Å². The number of hydrogen-bond acceptors (Lipinski definition) is 7. The van der Waals surface area contributed by atoms with Gasteiger partial charge in [0.25, 0.3) is 11.7 Å². The number of amides is 1. The molecule has 1 amide bonds. The minimum absolute atomic E-state index is 0.0113. The van der Waals surface area contributed by atoms with Crippen LogP contribution in [0.2, 0.25) is 0 Å². The van der Waals surface area contributed by atoms with Gasteiger partial charge >= 0.3 is 0 Å². The number of aliphatic hydroxyl groups is 1. The Morgan fingerprint density at radius 3 is 2.50 bits per heavy atom. The summed E-state index contributed by atoms with van der Waals surface area (Å²) in [7, 11) is 0. The van der Waals surface area contributed by atoms with Gasteiger partial charge in [-0.3, -0.25) is 19.6 Å². The van der Waals surface area contributed by atoms with E-state index in [1.54, 1.807) is 48.8 Å². The summed E-state index contributed by atoms with van der Waals surface area (Å²) in [4.78, 5) is 36.1. The van der Waals surface area contributed by atoms with E-state index in [4.69, 9.17) is 9.47 Å². The highest BCUT2D eigenvalue weighted by Crippen LogP contribution is 2.42. The molecule has 1 aliphatic rings. The number of carbonyl (C=O) groups is 2. The molecule has 1 unspecified atom stereocenters. The van der Waals surface area contributed by atoms with Crippen LogP contribution in [0.4, 0.5) is 0 Å². The average Bonchev–Trinajstić information content (AvgIpc) is 3.15. The lowest BCUT2D eigenvalue weighted by atomic mass is 9.95. The molecule has 1 aliphatic heterocycles. The third-order valence-electron chi connectivity index (χ3n) is 5.91. The maximum atomic E-state index is 13.3. The predicted molar refractivity (Wildman–Crippen MR) is 134 cm³/mol. The summed E-state index contributed by atoms with van der Waals surface area (Å²) in [6.07, 6.45) is 8.24. The molecule has 0 radical (unpaired) electrons. The number of benzene rings is 1. The Morgan fingerprint density at radius 1 is 1.00 bits per heavy atom. The summed E-state index contributed by atoms with van der Waals surface area (Å²) in [6.45, 7) is 5.08. The van der Waals surface area contributed by atoms with E-state index >= 15 is 0 Å². The van der Waals surface area contributed by atoms with Crippen molar-refractivity contribution in [2.75, 3.05) is 13.2 Å². The van der Waals surface area contributed by atoms with Gasteiger partial charge in [0.15, 0.2) is 11.5 Å². The number of ether oxygens (including phenoxy) is 2. The summed E-state index contributed by atoms with van der Waals surface area (Å²) < 4.78 is 11.8. The van der Waals surface area contributed by atoms with Crippen molar-refractivity contribution in [1.29, 1.82) is 0 Å². The fourth-order valence-electron chi connectivity index (χ4n) is 4.15. The average molecular weight is 488 g/mol. The molecule has 8 nitrogen and oxygen atoms in total. The maximum Gasteiger partial charge on any atom is 0.295 e. The number of aliphatic hydroxyl groups excluding tert-OH is 1. The van der Waals surface area contributed by atoms with Crippen LogP contribution < -0.4 is 9.47 Å². The molecule has 1 fully saturated rings. The molecule has 0 spiro atoms. The molecule has 1 N–H and O–H groups in total. The van der Waals surface area contributed by atoms with E-state index in [-0.39, 0.29) is 17.9 Å². The summed E-state index contributed by atoms with van der Waals surface area (Å²) >= 11 is 0. The van der Waals surface area contributed by atoms with E-state index in [1.807, 2.05) is 13.0 Å². The molecule has 0 saturated carbocycles. The van der Waals surface area contributed by atoms with Crippen molar-refractivity contribution in [3.8, 4) is 11.5 Å². The van der Waals surface area contributed by atoms with Crippen LogP contribution >= 0.6 is 0 Å². The zero-order chi connectivity index (χ0) is 25.5. The number of nitrogens with zero attached hydrogens (tertiary/aromatic N) is 3. The second-order valence-corrected chi connectivity index (χ2v) is 8.37. The zero-order valence-electron chi connectivity index (χ0n) is 20.4. The van der Waals surface area contributed by atoms with Gasteiger partial charge in [0.2, 0.25) is 0 Å². The van der Waals surface area contributed by atoms with E-state index in [0.29, 0.717) is 35.8 Å². The van der Waals surface area contributed by atoms with Crippen molar-refractivity contribution < 1.29 is 24.2 Å². The fraction of sp³-hybridized carbons (Fsp3) is 0.286. The number of pyridine rings is 2. The molecule has 1 saturated heterocycles. The number of aromatic nitrogens is 2. The van der Waals surface area contributed by atoms with Crippen molar-refractivity contribution in [2.45, 2.75) is 39.3 Å². The highest BCUT2D eigenvalue weighted by Gasteiger charge is 2.46. The normalized spacial score (nSPS) is 16.8. The second-order valence-electron chi connectivity index (χ2n) is 8.37. The molecule has 3 heterocycles. The summed E-state index contributed by atoms with van der Waals surface area (Å²) in [5, 5.41) is 11.2. The van der Waals surface area contributed by atoms with Crippen LogP contribution in [0.25, 0.3) is 5.76 Å². The first-order valence-corrected chi connectivity index (χ1v) is 12.0. The van der Waals surface area contributed by atoms with E-state index in [1.165, 1.54) is 17.3 Å². The fourth-order valence-corrected chi connectivity index (χ4v) is 4.15. The van der Waals surface area contributed by atoms with Crippen LogP contribution in [0, 0.1) is 0 Å². The van der Waals surface area contributed by atoms with Gasteiger partial charge in [-0.2, -0.15) is 0 Å². The van der Waals surface area contributed by atoms with Crippen LogP contribution in [-0.4, -0.2) is 44.9 Å². The number of hydrogen-bond donors (Lipinski definition) is 1. The largest absolute Gasteiger partial charge is 0.507 e.